The third-order valence-corrected chi connectivity index (χ3v) is 6.64. The molecule has 0 heterocycles. The monoisotopic (exact) mass is 424 g/mol. The van der Waals surface area contributed by atoms with Crippen molar-refractivity contribution in [3.05, 3.63) is 90.0 Å². The van der Waals surface area contributed by atoms with Gasteiger partial charge in [-0.15, -0.1) is 0 Å². The van der Waals surface area contributed by atoms with Crippen molar-refractivity contribution in [1.82, 2.24) is 5.32 Å². The molecule has 1 N–H and O–H groups in total. The highest BCUT2D eigenvalue weighted by Crippen LogP contribution is 2.26. The minimum absolute atomic E-state index is 0.161. The maximum Gasteiger partial charge on any atom is 0.264 e. The van der Waals surface area contributed by atoms with Crippen molar-refractivity contribution in [3.63, 3.8) is 0 Å². The first-order valence-electron chi connectivity index (χ1n) is 9.42. The van der Waals surface area contributed by atoms with E-state index in [1.807, 2.05) is 31.2 Å². The van der Waals surface area contributed by atoms with Crippen LogP contribution in [0.1, 0.15) is 28.9 Å². The van der Waals surface area contributed by atoms with Crippen LogP contribution < -0.4 is 14.4 Å². The summed E-state index contributed by atoms with van der Waals surface area (Å²) in [5.41, 5.74) is 1.49. The van der Waals surface area contributed by atoms with Gasteiger partial charge in [-0.3, -0.25) is 9.10 Å². The predicted molar refractivity (Wildman–Crippen MR) is 117 cm³/mol. The van der Waals surface area contributed by atoms with Crippen molar-refractivity contribution in [1.29, 1.82) is 0 Å². The fraction of sp³-hybridized carbons (Fsp3) is 0.174. The second-order valence-electron chi connectivity index (χ2n) is 6.77. The van der Waals surface area contributed by atoms with Crippen LogP contribution in [-0.4, -0.2) is 28.5 Å². The molecule has 0 unspecified atom stereocenters. The van der Waals surface area contributed by atoms with Crippen molar-refractivity contribution in [2.75, 3.05) is 18.5 Å². The Bertz CT molecular complexity index is 1110. The number of carbonyl (C=O) groups is 1. The molecule has 0 saturated heterocycles. The van der Waals surface area contributed by atoms with E-state index in [4.69, 9.17) is 4.74 Å². The lowest BCUT2D eigenvalue weighted by atomic mass is 10.1. The number of methoxy groups -OCH3 is 1. The number of nitrogens with one attached hydrogen (secondary N) is 1. The Morgan fingerprint density at radius 3 is 2.17 bits per heavy atom. The molecule has 0 spiro atoms. The lowest BCUT2D eigenvalue weighted by molar-refractivity contribution is 0.0940. The fourth-order valence-electron chi connectivity index (χ4n) is 3.07. The summed E-state index contributed by atoms with van der Waals surface area (Å²) in [4.78, 5) is 13.1. The Morgan fingerprint density at radius 1 is 0.933 bits per heavy atom. The zero-order valence-corrected chi connectivity index (χ0v) is 17.9. The first kappa shape index (κ1) is 21.4. The molecule has 0 fully saturated rings. The van der Waals surface area contributed by atoms with Gasteiger partial charge < -0.3 is 10.1 Å². The van der Waals surface area contributed by atoms with Crippen LogP contribution in [0.15, 0.2) is 83.8 Å². The smallest absolute Gasteiger partial charge is 0.264 e. The minimum atomic E-state index is -3.80. The Kier molecular flexibility index (Phi) is 6.42. The second kappa shape index (κ2) is 9.00. The molecule has 156 valence electrons. The summed E-state index contributed by atoms with van der Waals surface area (Å²) in [6.07, 6.45) is 0. The second-order valence-corrected chi connectivity index (χ2v) is 8.74. The van der Waals surface area contributed by atoms with Gasteiger partial charge in [0.25, 0.3) is 15.9 Å². The number of para-hydroxylation sites is 1. The van der Waals surface area contributed by atoms with E-state index in [1.54, 1.807) is 49.6 Å². The molecule has 0 aromatic heterocycles. The Hall–Kier alpha value is -3.32. The van der Waals surface area contributed by atoms with Gasteiger partial charge in [-0.25, -0.2) is 8.42 Å². The molecule has 30 heavy (non-hydrogen) atoms. The number of ether oxygens (including phenoxy) is 1. The average Bonchev–Trinajstić information content (AvgIpc) is 2.79. The Balaban J connectivity index is 1.86. The standard InChI is InChI=1S/C23H24N2O4S/c1-17(18-13-15-19(29-3)16-14-18)24-23(26)21-11-7-8-12-22(21)25(2)30(27,28)20-9-5-4-6-10-20/h4-17H,1-3H3,(H,24,26)/t17-/m0/s1. The largest absolute Gasteiger partial charge is 0.497 e. The van der Waals surface area contributed by atoms with E-state index in [-0.39, 0.29) is 22.4 Å². The SMILES string of the molecule is COc1ccc([C@H](C)NC(=O)c2ccccc2N(C)S(=O)(=O)c2ccccc2)cc1. The molecule has 7 heteroatoms. The summed E-state index contributed by atoms with van der Waals surface area (Å²) in [6.45, 7) is 1.87. The Labute approximate surface area is 177 Å². The number of anilines is 1. The molecule has 0 saturated carbocycles. The van der Waals surface area contributed by atoms with Crippen molar-refractivity contribution in [2.24, 2.45) is 0 Å². The zero-order chi connectivity index (χ0) is 21.7. The van der Waals surface area contributed by atoms with Crippen LogP contribution in [0.5, 0.6) is 5.75 Å². The van der Waals surface area contributed by atoms with Gasteiger partial charge in [-0.1, -0.05) is 42.5 Å². The zero-order valence-electron chi connectivity index (χ0n) is 17.1. The van der Waals surface area contributed by atoms with Gasteiger partial charge in [-0.05, 0) is 48.9 Å². The normalized spacial score (nSPS) is 12.1. The number of hydrogen-bond acceptors (Lipinski definition) is 4. The van der Waals surface area contributed by atoms with Crippen molar-refractivity contribution < 1.29 is 17.9 Å². The highest BCUT2D eigenvalue weighted by Gasteiger charge is 2.25. The number of benzene rings is 3. The van der Waals surface area contributed by atoms with Crippen molar-refractivity contribution >= 4 is 21.6 Å². The predicted octanol–water partition coefficient (Wildman–Crippen LogP) is 4.01. The average molecular weight is 425 g/mol. The quantitative estimate of drug-likeness (QED) is 0.622. The van der Waals surface area contributed by atoms with E-state index in [9.17, 15) is 13.2 Å². The van der Waals surface area contributed by atoms with Gasteiger partial charge in [0.15, 0.2) is 0 Å². The summed E-state index contributed by atoms with van der Waals surface area (Å²) in [7, 11) is -0.757. The van der Waals surface area contributed by atoms with Gasteiger partial charge in [-0.2, -0.15) is 0 Å². The van der Waals surface area contributed by atoms with Crippen LogP contribution in [0.25, 0.3) is 0 Å². The molecule has 0 aliphatic heterocycles. The molecule has 3 aromatic rings. The van der Waals surface area contributed by atoms with E-state index in [2.05, 4.69) is 5.32 Å². The molecule has 3 aromatic carbocycles. The number of sulfonamides is 1. The van der Waals surface area contributed by atoms with Crippen LogP contribution >= 0.6 is 0 Å². The summed E-state index contributed by atoms with van der Waals surface area (Å²) >= 11 is 0. The van der Waals surface area contributed by atoms with Crippen LogP contribution in [0.3, 0.4) is 0 Å². The van der Waals surface area contributed by atoms with E-state index >= 15 is 0 Å². The summed E-state index contributed by atoms with van der Waals surface area (Å²) in [5.74, 6) is 0.374. The fourth-order valence-corrected chi connectivity index (χ4v) is 4.31. The van der Waals surface area contributed by atoms with E-state index < -0.39 is 10.0 Å². The number of amides is 1. The molecule has 0 aliphatic rings. The van der Waals surface area contributed by atoms with Gasteiger partial charge in [0.05, 0.1) is 29.3 Å². The topological polar surface area (TPSA) is 75.7 Å². The Morgan fingerprint density at radius 2 is 1.53 bits per heavy atom. The number of carbonyl (C=O) groups excluding carboxylic acids is 1. The summed E-state index contributed by atoms with van der Waals surface area (Å²) in [5, 5.41) is 2.94. The first-order valence-corrected chi connectivity index (χ1v) is 10.9. The molecule has 0 aliphatic carbocycles. The van der Waals surface area contributed by atoms with Crippen molar-refractivity contribution in [3.8, 4) is 5.75 Å². The molecule has 6 nitrogen and oxygen atoms in total. The third kappa shape index (κ3) is 4.46. The van der Waals surface area contributed by atoms with Gasteiger partial charge in [0.2, 0.25) is 0 Å². The van der Waals surface area contributed by atoms with E-state index in [0.717, 1.165) is 15.6 Å². The van der Waals surface area contributed by atoms with Gasteiger partial charge in [0, 0.05) is 7.05 Å². The molecular weight excluding hydrogens is 400 g/mol. The molecule has 0 radical (unpaired) electrons. The highest BCUT2D eigenvalue weighted by atomic mass is 32.2. The molecule has 1 amide bonds. The van der Waals surface area contributed by atoms with Crippen LogP contribution in [0.2, 0.25) is 0 Å². The van der Waals surface area contributed by atoms with Gasteiger partial charge >= 0.3 is 0 Å². The maximum atomic E-state index is 13.0. The van der Waals surface area contributed by atoms with Crippen molar-refractivity contribution in [2.45, 2.75) is 17.9 Å². The van der Waals surface area contributed by atoms with Gasteiger partial charge in [0.1, 0.15) is 5.75 Å². The molecular formula is C23H24N2O4S. The summed E-state index contributed by atoms with van der Waals surface area (Å²) < 4.78 is 32.3. The number of nitrogens with zero attached hydrogens (tertiary/aromatic N) is 1. The maximum absolute atomic E-state index is 13.0. The number of hydrogen-bond donors (Lipinski definition) is 1. The lowest BCUT2D eigenvalue weighted by Crippen LogP contribution is -2.31. The number of rotatable bonds is 7. The van der Waals surface area contributed by atoms with Crippen LogP contribution in [-0.2, 0) is 10.0 Å². The molecule has 3 rings (SSSR count). The van der Waals surface area contributed by atoms with Crippen LogP contribution in [0.4, 0.5) is 5.69 Å². The van der Waals surface area contributed by atoms with E-state index in [0.29, 0.717) is 5.69 Å². The minimum Gasteiger partial charge on any atom is -0.497 e. The van der Waals surface area contributed by atoms with Crippen LogP contribution in [0, 0.1) is 0 Å². The molecule has 1 atom stereocenters. The molecule has 0 bridgehead atoms. The third-order valence-electron chi connectivity index (χ3n) is 4.85. The highest BCUT2D eigenvalue weighted by molar-refractivity contribution is 7.92. The lowest BCUT2D eigenvalue weighted by Gasteiger charge is -2.23. The summed E-state index contributed by atoms with van der Waals surface area (Å²) in [6, 6.07) is 21.9. The van der Waals surface area contributed by atoms with E-state index in [1.165, 1.54) is 19.2 Å². The first-order chi connectivity index (χ1) is 14.3.